The first kappa shape index (κ1) is 34.3. The number of aldehydes is 3. The van der Waals surface area contributed by atoms with Crippen LogP contribution in [0.4, 0.5) is 4.79 Å². The molecule has 0 heterocycles. The van der Waals surface area contributed by atoms with E-state index in [2.05, 4.69) is 16.0 Å². The first-order chi connectivity index (χ1) is 20.4. The van der Waals surface area contributed by atoms with Crippen molar-refractivity contribution in [3.8, 4) is 0 Å². The van der Waals surface area contributed by atoms with E-state index in [1.165, 1.54) is 51.4 Å². The number of nitrogens with zero attached hydrogens (tertiary/aromatic N) is 1. The molecule has 0 aliphatic heterocycles. The van der Waals surface area contributed by atoms with E-state index >= 15 is 0 Å². The number of carbonyl (C=O) groups excluding carboxylic acids is 4. The number of rotatable bonds is 17. The van der Waals surface area contributed by atoms with Crippen LogP contribution in [0.1, 0.15) is 86.6 Å². The van der Waals surface area contributed by atoms with Gasteiger partial charge in [0.1, 0.15) is 18.9 Å². The average Bonchev–Trinajstić information content (AvgIpc) is 2.96. The molecule has 5 rings (SSSR count). The minimum atomic E-state index is -0.384. The van der Waals surface area contributed by atoms with Gasteiger partial charge < -0.3 is 25.5 Å². The maximum atomic E-state index is 12.3. The topological polar surface area (TPSA) is 108 Å². The van der Waals surface area contributed by atoms with Gasteiger partial charge in [-0.25, -0.2) is 4.79 Å². The maximum absolute atomic E-state index is 12.3. The number of urea groups is 1. The first-order valence-electron chi connectivity index (χ1n) is 15.8. The Labute approximate surface area is 256 Å². The summed E-state index contributed by atoms with van der Waals surface area (Å²) < 4.78 is 0. The lowest BCUT2D eigenvalue weighted by molar-refractivity contribution is -0.113. The lowest BCUT2D eigenvalue weighted by atomic mass is 9.48. The summed E-state index contributed by atoms with van der Waals surface area (Å²) in [5, 5.41) is 8.71. The highest BCUT2D eigenvalue weighted by Gasteiger charge is 2.50. The fourth-order valence-corrected chi connectivity index (χ4v) is 8.76. The van der Waals surface area contributed by atoms with E-state index in [9.17, 15) is 19.2 Å². The molecule has 4 aliphatic carbocycles. The van der Waals surface area contributed by atoms with Gasteiger partial charge in [0.05, 0.1) is 6.04 Å². The Hall–Kier alpha value is -2.23. The number of hydrogen-bond acceptors (Lipinski definition) is 7. The molecule has 2 amide bonds. The zero-order valence-corrected chi connectivity index (χ0v) is 26.7. The lowest BCUT2D eigenvalue weighted by Gasteiger charge is -2.57. The second-order valence-corrected chi connectivity index (χ2v) is 13.8. The highest BCUT2D eigenvalue weighted by atomic mass is 32.2. The van der Waals surface area contributed by atoms with Crippen molar-refractivity contribution in [2.24, 2.45) is 23.2 Å². The molecule has 1 atom stereocenters. The Balaban J connectivity index is 0.00000155. The predicted octanol–water partition coefficient (Wildman–Crippen LogP) is 5.09. The van der Waals surface area contributed by atoms with Gasteiger partial charge in [-0.15, -0.1) is 11.8 Å². The summed E-state index contributed by atoms with van der Waals surface area (Å²) >= 11 is 1.58. The molecular formula is C33H52N4O4S. The minimum absolute atomic E-state index is 0.129. The number of likely N-dealkylation sites (N-methyl/N-ethyl adjacent to an activating group) is 1. The normalized spacial score (nSPS) is 24.4. The molecule has 234 valence electrons. The molecule has 4 aliphatic rings. The van der Waals surface area contributed by atoms with Crippen LogP contribution >= 0.6 is 11.8 Å². The molecular weight excluding hydrogens is 548 g/mol. The maximum Gasteiger partial charge on any atom is 0.314 e. The molecule has 4 saturated carbocycles. The SMILES string of the molecule is CN(Cc1c(C=O)cccc1SCCNC(=O)NCCCCC12CC3CC(CC(C3)C1)C2)C(C=O)CCC=O.CNC. The summed E-state index contributed by atoms with van der Waals surface area (Å²) in [5.41, 5.74) is 2.07. The van der Waals surface area contributed by atoms with Crippen LogP contribution in [0.2, 0.25) is 0 Å². The van der Waals surface area contributed by atoms with E-state index in [-0.39, 0.29) is 12.1 Å². The van der Waals surface area contributed by atoms with Crippen molar-refractivity contribution in [2.75, 3.05) is 40.0 Å². The van der Waals surface area contributed by atoms with Gasteiger partial charge in [-0.2, -0.15) is 0 Å². The zero-order valence-electron chi connectivity index (χ0n) is 25.9. The number of nitrogens with one attached hydrogen (secondary N) is 3. The molecule has 9 heteroatoms. The van der Waals surface area contributed by atoms with Crippen LogP contribution in [0.25, 0.3) is 0 Å². The van der Waals surface area contributed by atoms with Gasteiger partial charge in [0.15, 0.2) is 0 Å². The minimum Gasteiger partial charge on any atom is -0.338 e. The Morgan fingerprint density at radius 3 is 2.26 bits per heavy atom. The first-order valence-corrected chi connectivity index (χ1v) is 16.7. The van der Waals surface area contributed by atoms with Crippen molar-refractivity contribution in [2.45, 2.75) is 88.1 Å². The quantitative estimate of drug-likeness (QED) is 0.130. The second kappa shape index (κ2) is 17.8. The highest BCUT2D eigenvalue weighted by molar-refractivity contribution is 7.99. The number of thioether (sulfide) groups is 1. The van der Waals surface area contributed by atoms with E-state index in [0.717, 1.165) is 53.5 Å². The molecule has 0 aromatic heterocycles. The summed E-state index contributed by atoms with van der Waals surface area (Å²) in [6.45, 7) is 1.66. The van der Waals surface area contributed by atoms with Crippen molar-refractivity contribution < 1.29 is 19.2 Å². The van der Waals surface area contributed by atoms with Crippen LogP contribution in [-0.4, -0.2) is 75.8 Å². The summed E-state index contributed by atoms with van der Waals surface area (Å²) in [6, 6.07) is 5.08. The molecule has 1 aromatic carbocycles. The molecule has 3 N–H and O–H groups in total. The predicted molar refractivity (Wildman–Crippen MR) is 170 cm³/mol. The summed E-state index contributed by atoms with van der Waals surface area (Å²) in [7, 11) is 5.58. The van der Waals surface area contributed by atoms with Crippen LogP contribution in [0.3, 0.4) is 0 Å². The average molecular weight is 601 g/mol. The number of unbranched alkanes of at least 4 members (excludes halogenated alkanes) is 1. The van der Waals surface area contributed by atoms with E-state index in [0.29, 0.717) is 49.2 Å². The standard InChI is InChI=1S/C31H45N3O4S.C2H7N/c1-34(27(22-37)7-5-12-35)20-28-26(21-36)6-4-8-29(28)39-13-11-33-30(38)32-10-3-2-9-31-17-23-14-24(18-31)16-25(15-23)19-31;1-3-2/h4,6,8,12,21-25,27H,2-3,5,7,9-11,13-20H2,1H3,(H2,32,33,38);3H,1-2H3. The molecule has 1 unspecified atom stereocenters. The molecule has 0 spiro atoms. The smallest absolute Gasteiger partial charge is 0.314 e. The molecule has 4 fully saturated rings. The van der Waals surface area contributed by atoms with E-state index in [1.807, 2.05) is 38.2 Å². The van der Waals surface area contributed by atoms with Crippen molar-refractivity contribution in [1.82, 2.24) is 20.9 Å². The Morgan fingerprint density at radius 1 is 1.02 bits per heavy atom. The fourth-order valence-electron chi connectivity index (χ4n) is 7.81. The van der Waals surface area contributed by atoms with Crippen LogP contribution in [0, 0.1) is 23.2 Å². The molecule has 4 bridgehead atoms. The Bertz CT molecular complexity index is 984. The molecule has 1 aromatic rings. The van der Waals surface area contributed by atoms with Crippen molar-refractivity contribution in [3.63, 3.8) is 0 Å². The van der Waals surface area contributed by atoms with Gasteiger partial charge >= 0.3 is 6.03 Å². The lowest BCUT2D eigenvalue weighted by Crippen LogP contribution is -2.46. The molecule has 0 saturated heterocycles. The van der Waals surface area contributed by atoms with E-state index in [1.54, 1.807) is 17.8 Å². The van der Waals surface area contributed by atoms with E-state index < -0.39 is 0 Å². The van der Waals surface area contributed by atoms with E-state index in [4.69, 9.17) is 0 Å². The summed E-state index contributed by atoms with van der Waals surface area (Å²) in [6.07, 6.45) is 15.7. The largest absolute Gasteiger partial charge is 0.338 e. The van der Waals surface area contributed by atoms with Gasteiger partial charge in [0.2, 0.25) is 0 Å². The third kappa shape index (κ3) is 10.2. The van der Waals surface area contributed by atoms with Crippen LogP contribution in [0.5, 0.6) is 0 Å². The van der Waals surface area contributed by atoms with Crippen LogP contribution < -0.4 is 16.0 Å². The third-order valence-electron chi connectivity index (χ3n) is 9.24. The van der Waals surface area contributed by atoms with Gasteiger partial charge in [0.25, 0.3) is 0 Å². The Kier molecular flexibility index (Phi) is 14.5. The van der Waals surface area contributed by atoms with Crippen molar-refractivity contribution in [1.29, 1.82) is 0 Å². The zero-order chi connectivity index (χ0) is 30.4. The second-order valence-electron chi connectivity index (χ2n) is 12.7. The highest BCUT2D eigenvalue weighted by Crippen LogP contribution is 2.61. The van der Waals surface area contributed by atoms with Crippen molar-refractivity contribution >= 4 is 36.7 Å². The van der Waals surface area contributed by atoms with Gasteiger partial charge in [0, 0.05) is 42.3 Å². The number of carbonyl (C=O) groups is 4. The number of benzene rings is 1. The number of amides is 2. The van der Waals surface area contributed by atoms with Gasteiger partial charge in [-0.3, -0.25) is 9.69 Å². The molecule has 8 nitrogen and oxygen atoms in total. The fraction of sp³-hybridized carbons (Fsp3) is 0.697. The van der Waals surface area contributed by atoms with Crippen molar-refractivity contribution in [3.05, 3.63) is 29.3 Å². The summed E-state index contributed by atoms with van der Waals surface area (Å²) in [4.78, 5) is 49.1. The third-order valence-corrected chi connectivity index (χ3v) is 10.3. The molecule has 42 heavy (non-hydrogen) atoms. The van der Waals surface area contributed by atoms with Gasteiger partial charge in [-0.1, -0.05) is 18.6 Å². The van der Waals surface area contributed by atoms with Gasteiger partial charge in [-0.05, 0) is 114 Å². The monoisotopic (exact) mass is 600 g/mol. The summed E-state index contributed by atoms with van der Waals surface area (Å²) in [5.74, 6) is 3.66. The Morgan fingerprint density at radius 2 is 1.67 bits per heavy atom. The van der Waals surface area contributed by atoms with Crippen LogP contribution in [0.15, 0.2) is 23.1 Å². The number of hydrogen-bond donors (Lipinski definition) is 3. The van der Waals surface area contributed by atoms with Crippen LogP contribution in [-0.2, 0) is 16.1 Å². The molecule has 0 radical (unpaired) electrons.